The molecule has 1 amide bonds. The van der Waals surface area contributed by atoms with Crippen LogP contribution in [0.3, 0.4) is 0 Å². The zero-order valence-corrected chi connectivity index (χ0v) is 15.0. The lowest BCUT2D eigenvalue weighted by Crippen LogP contribution is -2.21. The van der Waals surface area contributed by atoms with Gasteiger partial charge in [-0.05, 0) is 35.7 Å². The van der Waals surface area contributed by atoms with E-state index in [1.165, 1.54) is 18.2 Å². The number of amides is 1. The van der Waals surface area contributed by atoms with Gasteiger partial charge in [0.05, 0.1) is 16.3 Å². The van der Waals surface area contributed by atoms with Crippen molar-refractivity contribution in [3.63, 3.8) is 0 Å². The van der Waals surface area contributed by atoms with Gasteiger partial charge in [-0.3, -0.25) is 14.9 Å². The molecule has 0 unspecified atom stereocenters. The van der Waals surface area contributed by atoms with Crippen LogP contribution in [-0.4, -0.2) is 17.4 Å². The lowest BCUT2D eigenvalue weighted by molar-refractivity contribution is -0.384. The first-order valence-electron chi connectivity index (χ1n) is 8.04. The van der Waals surface area contributed by atoms with Crippen molar-refractivity contribution in [3.05, 3.63) is 86.6 Å². The molecule has 6 nitrogen and oxygen atoms in total. The Morgan fingerprint density at radius 2 is 1.85 bits per heavy atom. The number of hydrogen-bond donors (Lipinski definition) is 2. The largest absolute Gasteiger partial charge is 0.376 e. The molecule has 134 valence electrons. The first-order valence-corrected chi connectivity index (χ1v) is 8.92. The molecule has 1 aromatic heterocycles. The molecule has 1 heterocycles. The maximum Gasteiger partial charge on any atom is 0.271 e. The minimum absolute atomic E-state index is 0.0322. The summed E-state index contributed by atoms with van der Waals surface area (Å²) in [6, 6.07) is 17.2. The van der Waals surface area contributed by atoms with Crippen LogP contribution < -0.4 is 10.6 Å². The van der Waals surface area contributed by atoms with E-state index in [0.717, 1.165) is 16.1 Å². The Bertz CT molecular complexity index is 1020. The van der Waals surface area contributed by atoms with Crippen LogP contribution in [0.25, 0.3) is 0 Å². The van der Waals surface area contributed by atoms with Crippen molar-refractivity contribution in [2.45, 2.75) is 0 Å². The molecule has 7 heteroatoms. The van der Waals surface area contributed by atoms with Gasteiger partial charge >= 0.3 is 0 Å². The highest BCUT2D eigenvalue weighted by molar-refractivity contribution is 7.10. The fourth-order valence-corrected chi connectivity index (χ4v) is 2.85. The molecule has 0 bridgehead atoms. The van der Waals surface area contributed by atoms with Crippen LogP contribution in [0.1, 0.15) is 10.4 Å². The highest BCUT2D eigenvalue weighted by Crippen LogP contribution is 2.17. The molecule has 0 saturated heterocycles. The smallest absolute Gasteiger partial charge is 0.271 e. The highest BCUT2D eigenvalue weighted by Gasteiger charge is 2.08. The van der Waals surface area contributed by atoms with E-state index in [-0.39, 0.29) is 18.1 Å². The van der Waals surface area contributed by atoms with Crippen LogP contribution in [-0.2, 0) is 4.79 Å². The maximum absolute atomic E-state index is 12.1. The molecule has 0 aliphatic heterocycles. The summed E-state index contributed by atoms with van der Waals surface area (Å²) in [6.45, 7) is 0.0322. The van der Waals surface area contributed by atoms with Gasteiger partial charge in [-0.2, -0.15) is 0 Å². The third kappa shape index (κ3) is 5.42. The summed E-state index contributed by atoms with van der Waals surface area (Å²) < 4.78 is 0. The quantitative estimate of drug-likeness (QED) is 0.398. The third-order valence-electron chi connectivity index (χ3n) is 3.51. The Hall–Kier alpha value is -3.63. The number of anilines is 2. The molecule has 3 aromatic rings. The number of nitro groups is 1. The standard InChI is InChI=1S/C20H15N3O3S/c24-20(22-17-6-2-7-18(13-17)23(25)26)14-21-16-5-1-4-15(12-16)9-10-19-8-3-11-27-19/h1-8,11-13,21H,14H2,(H,22,24). The van der Waals surface area contributed by atoms with Crippen molar-refractivity contribution < 1.29 is 9.72 Å². The average molecular weight is 377 g/mol. The summed E-state index contributed by atoms with van der Waals surface area (Å²) >= 11 is 1.58. The molecule has 2 N–H and O–H groups in total. The minimum Gasteiger partial charge on any atom is -0.376 e. The number of nitro benzene ring substituents is 1. The molecular weight excluding hydrogens is 362 g/mol. The number of benzene rings is 2. The number of hydrogen-bond acceptors (Lipinski definition) is 5. The lowest BCUT2D eigenvalue weighted by Gasteiger charge is -2.08. The lowest BCUT2D eigenvalue weighted by atomic mass is 10.2. The fourth-order valence-electron chi connectivity index (χ4n) is 2.28. The van der Waals surface area contributed by atoms with Gasteiger partial charge in [-0.25, -0.2) is 0 Å². The Kier molecular flexibility index (Phi) is 5.82. The summed E-state index contributed by atoms with van der Waals surface area (Å²) in [4.78, 5) is 23.3. The van der Waals surface area contributed by atoms with E-state index in [4.69, 9.17) is 0 Å². The molecule has 2 aromatic carbocycles. The van der Waals surface area contributed by atoms with Crippen LogP contribution in [0.4, 0.5) is 17.1 Å². The van der Waals surface area contributed by atoms with Gasteiger partial charge in [0.15, 0.2) is 0 Å². The van der Waals surface area contributed by atoms with Gasteiger partial charge < -0.3 is 10.6 Å². The van der Waals surface area contributed by atoms with Crippen molar-refractivity contribution in [2.75, 3.05) is 17.2 Å². The summed E-state index contributed by atoms with van der Waals surface area (Å²) in [5.41, 5.74) is 1.92. The maximum atomic E-state index is 12.1. The Morgan fingerprint density at radius 3 is 2.63 bits per heavy atom. The number of carbonyl (C=O) groups is 1. The fraction of sp³-hybridized carbons (Fsp3) is 0.0500. The Labute approximate surface area is 160 Å². The van der Waals surface area contributed by atoms with E-state index in [1.54, 1.807) is 17.4 Å². The van der Waals surface area contributed by atoms with Crippen LogP contribution in [0.15, 0.2) is 66.0 Å². The number of nitrogens with zero attached hydrogens (tertiary/aromatic N) is 1. The van der Waals surface area contributed by atoms with Crippen molar-refractivity contribution >= 4 is 34.3 Å². The predicted octanol–water partition coefficient (Wildman–Crippen LogP) is 4.11. The van der Waals surface area contributed by atoms with Crippen LogP contribution in [0.5, 0.6) is 0 Å². The van der Waals surface area contributed by atoms with Crippen molar-refractivity contribution in [1.29, 1.82) is 0 Å². The molecule has 0 radical (unpaired) electrons. The summed E-state index contributed by atoms with van der Waals surface area (Å²) in [7, 11) is 0. The van der Waals surface area contributed by atoms with E-state index in [1.807, 2.05) is 41.8 Å². The first-order chi connectivity index (χ1) is 13.1. The molecule has 0 fully saturated rings. The number of carbonyl (C=O) groups excluding carboxylic acids is 1. The van der Waals surface area contributed by atoms with Crippen LogP contribution >= 0.6 is 11.3 Å². The Morgan fingerprint density at radius 1 is 1.04 bits per heavy atom. The predicted molar refractivity (Wildman–Crippen MR) is 107 cm³/mol. The minimum atomic E-state index is -0.503. The Balaban J connectivity index is 1.58. The molecule has 0 saturated carbocycles. The summed E-state index contributed by atoms with van der Waals surface area (Å²) in [5, 5.41) is 18.4. The topological polar surface area (TPSA) is 84.3 Å². The number of thiophene rings is 1. The average Bonchev–Trinajstić information content (AvgIpc) is 3.19. The normalized spacial score (nSPS) is 9.78. The van der Waals surface area contributed by atoms with Crippen LogP contribution in [0, 0.1) is 22.0 Å². The van der Waals surface area contributed by atoms with Gasteiger partial charge in [-0.1, -0.05) is 30.0 Å². The van der Waals surface area contributed by atoms with E-state index < -0.39 is 4.92 Å². The van der Waals surface area contributed by atoms with E-state index in [2.05, 4.69) is 22.5 Å². The van der Waals surface area contributed by atoms with Gasteiger partial charge in [0.25, 0.3) is 5.69 Å². The molecule has 0 aliphatic carbocycles. The first kappa shape index (κ1) is 18.2. The molecular formula is C20H15N3O3S. The molecule has 0 spiro atoms. The van der Waals surface area contributed by atoms with E-state index >= 15 is 0 Å². The van der Waals surface area contributed by atoms with Crippen LogP contribution in [0.2, 0.25) is 0 Å². The molecule has 3 rings (SSSR count). The number of non-ortho nitro benzene ring substituents is 1. The zero-order chi connectivity index (χ0) is 19.1. The number of rotatable bonds is 5. The van der Waals surface area contributed by atoms with Gasteiger partial charge in [0.2, 0.25) is 5.91 Å². The summed E-state index contributed by atoms with van der Waals surface area (Å²) in [5.74, 6) is 5.87. The van der Waals surface area contributed by atoms with E-state index in [0.29, 0.717) is 5.69 Å². The van der Waals surface area contributed by atoms with Crippen molar-refractivity contribution in [2.24, 2.45) is 0 Å². The second-order valence-corrected chi connectivity index (χ2v) is 6.46. The van der Waals surface area contributed by atoms with Gasteiger partial charge in [-0.15, -0.1) is 11.3 Å². The molecule has 0 atom stereocenters. The molecule has 27 heavy (non-hydrogen) atoms. The van der Waals surface area contributed by atoms with Gasteiger partial charge in [0, 0.05) is 29.1 Å². The third-order valence-corrected chi connectivity index (χ3v) is 4.29. The van der Waals surface area contributed by atoms with E-state index in [9.17, 15) is 14.9 Å². The molecule has 0 aliphatic rings. The van der Waals surface area contributed by atoms with Crippen molar-refractivity contribution in [1.82, 2.24) is 0 Å². The number of nitrogens with one attached hydrogen (secondary N) is 2. The zero-order valence-electron chi connectivity index (χ0n) is 14.1. The van der Waals surface area contributed by atoms with Gasteiger partial charge in [0.1, 0.15) is 0 Å². The monoisotopic (exact) mass is 377 g/mol. The van der Waals surface area contributed by atoms with Crippen molar-refractivity contribution in [3.8, 4) is 11.8 Å². The highest BCUT2D eigenvalue weighted by atomic mass is 32.1. The second-order valence-electron chi connectivity index (χ2n) is 5.52. The second kappa shape index (κ2) is 8.65. The summed E-state index contributed by atoms with van der Waals surface area (Å²) in [6.07, 6.45) is 0. The SMILES string of the molecule is O=C(CNc1cccc(C#Cc2cccs2)c1)Nc1cccc([N+](=O)[O-])c1.